The monoisotopic (exact) mass is 360 g/mol. The van der Waals surface area contributed by atoms with Gasteiger partial charge in [-0.05, 0) is 34.1 Å². The van der Waals surface area contributed by atoms with Gasteiger partial charge in [0.15, 0.2) is 11.6 Å². The Morgan fingerprint density at radius 2 is 2.00 bits per heavy atom. The van der Waals surface area contributed by atoms with Gasteiger partial charge in [-0.1, -0.05) is 11.6 Å². The first-order valence-electron chi connectivity index (χ1n) is 5.68. The first-order chi connectivity index (χ1) is 9.56. The molecule has 0 aliphatic carbocycles. The second kappa shape index (κ2) is 6.76. The lowest BCUT2D eigenvalue weighted by atomic mass is 10.3. The summed E-state index contributed by atoms with van der Waals surface area (Å²) in [5.74, 6) is 0.765. The van der Waals surface area contributed by atoms with Crippen molar-refractivity contribution in [1.29, 1.82) is 0 Å². The van der Waals surface area contributed by atoms with E-state index >= 15 is 0 Å². The molecule has 0 atom stereocenters. The molecule has 0 saturated carbocycles. The Morgan fingerprint density at radius 1 is 1.25 bits per heavy atom. The van der Waals surface area contributed by atoms with Gasteiger partial charge in [0.2, 0.25) is 0 Å². The molecule has 20 heavy (non-hydrogen) atoms. The summed E-state index contributed by atoms with van der Waals surface area (Å²) in [4.78, 5) is 3.94. The van der Waals surface area contributed by atoms with Gasteiger partial charge in [0.1, 0.15) is 24.8 Å². The van der Waals surface area contributed by atoms with E-state index in [1.54, 1.807) is 12.3 Å². The van der Waals surface area contributed by atoms with E-state index in [1.807, 2.05) is 0 Å². The smallest absolute Gasteiger partial charge is 0.166 e. The molecule has 0 aliphatic heterocycles. The molecule has 0 saturated heterocycles. The largest absolute Gasteiger partial charge is 0.490 e. The highest BCUT2D eigenvalue weighted by Gasteiger charge is 2.04. The van der Waals surface area contributed by atoms with Crippen LogP contribution >= 0.6 is 27.5 Å². The summed E-state index contributed by atoms with van der Waals surface area (Å²) >= 11 is 8.92. The summed E-state index contributed by atoms with van der Waals surface area (Å²) in [5, 5.41) is 0.0175. The summed E-state index contributed by atoms with van der Waals surface area (Å²) in [6, 6.07) is 5.87. The van der Waals surface area contributed by atoms with Gasteiger partial charge in [-0.25, -0.2) is 9.37 Å². The number of nitrogen functional groups attached to an aromatic ring is 1. The number of aromatic nitrogens is 1. The number of nitrogens with two attached hydrogens (primary N) is 1. The predicted molar refractivity (Wildman–Crippen MR) is 78.7 cm³/mol. The number of anilines is 1. The summed E-state index contributed by atoms with van der Waals surface area (Å²) in [7, 11) is 0. The van der Waals surface area contributed by atoms with Crippen LogP contribution in [-0.2, 0) is 0 Å². The summed E-state index contributed by atoms with van der Waals surface area (Å²) in [6.07, 6.45) is 1.58. The van der Waals surface area contributed by atoms with Gasteiger partial charge >= 0.3 is 0 Å². The zero-order chi connectivity index (χ0) is 14.5. The van der Waals surface area contributed by atoms with E-state index in [9.17, 15) is 4.39 Å². The maximum absolute atomic E-state index is 13.0. The van der Waals surface area contributed by atoms with Crippen LogP contribution < -0.4 is 15.2 Å². The van der Waals surface area contributed by atoms with Crippen LogP contribution in [0.1, 0.15) is 0 Å². The maximum Gasteiger partial charge on any atom is 0.166 e. The molecule has 2 N–H and O–H groups in total. The molecular weight excluding hydrogens is 351 g/mol. The normalized spacial score (nSPS) is 10.3. The Labute approximate surface area is 128 Å². The summed E-state index contributed by atoms with van der Waals surface area (Å²) in [6.45, 7) is 0.547. The van der Waals surface area contributed by atoms with Gasteiger partial charge in [-0.2, -0.15) is 0 Å². The number of ether oxygens (including phenoxy) is 2. The molecule has 0 aliphatic rings. The van der Waals surface area contributed by atoms with Crippen molar-refractivity contribution in [3.05, 3.63) is 45.8 Å². The molecule has 106 valence electrons. The average Bonchev–Trinajstić information content (AvgIpc) is 2.42. The van der Waals surface area contributed by atoms with Gasteiger partial charge in [0.25, 0.3) is 0 Å². The zero-order valence-electron chi connectivity index (χ0n) is 10.3. The van der Waals surface area contributed by atoms with Crippen molar-refractivity contribution in [3.8, 4) is 11.5 Å². The van der Waals surface area contributed by atoms with Crippen molar-refractivity contribution in [2.24, 2.45) is 0 Å². The van der Waals surface area contributed by atoms with Crippen molar-refractivity contribution < 1.29 is 13.9 Å². The maximum atomic E-state index is 13.0. The number of halogens is 3. The highest BCUT2D eigenvalue weighted by atomic mass is 79.9. The first kappa shape index (κ1) is 14.9. The van der Waals surface area contributed by atoms with Crippen LogP contribution in [0, 0.1) is 5.82 Å². The standard InChI is InChI=1S/C13H11BrClFN2O2/c14-8-5-12(13(17)18-7-8)20-4-3-19-9-1-2-11(16)10(15)6-9/h1-2,5-7H,3-4H2,(H2,17,18). The lowest BCUT2D eigenvalue weighted by Gasteiger charge is -2.10. The molecule has 0 radical (unpaired) electrons. The molecule has 1 heterocycles. The molecule has 7 heteroatoms. The predicted octanol–water partition coefficient (Wildman–Crippen LogP) is 3.68. The second-order valence-corrected chi connectivity index (χ2v) is 5.13. The molecule has 0 bridgehead atoms. The first-order valence-corrected chi connectivity index (χ1v) is 6.85. The highest BCUT2D eigenvalue weighted by Crippen LogP contribution is 2.23. The lowest BCUT2D eigenvalue weighted by Crippen LogP contribution is -2.10. The fourth-order valence-corrected chi connectivity index (χ4v) is 1.91. The quantitative estimate of drug-likeness (QED) is 0.826. The fraction of sp³-hybridized carbons (Fsp3) is 0.154. The third-order valence-corrected chi connectivity index (χ3v) is 3.07. The molecule has 0 fully saturated rings. The number of hydrogen-bond donors (Lipinski definition) is 1. The molecule has 1 aromatic heterocycles. The van der Waals surface area contributed by atoms with Gasteiger partial charge in [-0.15, -0.1) is 0 Å². The Morgan fingerprint density at radius 3 is 2.75 bits per heavy atom. The molecule has 0 spiro atoms. The van der Waals surface area contributed by atoms with Gasteiger partial charge in [0.05, 0.1) is 5.02 Å². The Hall–Kier alpha value is -1.53. The van der Waals surface area contributed by atoms with E-state index in [0.29, 0.717) is 17.3 Å². The van der Waals surface area contributed by atoms with E-state index < -0.39 is 5.82 Å². The summed E-state index contributed by atoms with van der Waals surface area (Å²) in [5.41, 5.74) is 5.66. The number of hydrogen-bond acceptors (Lipinski definition) is 4. The van der Waals surface area contributed by atoms with Gasteiger partial charge < -0.3 is 15.2 Å². The number of nitrogens with zero attached hydrogens (tertiary/aromatic N) is 1. The Kier molecular flexibility index (Phi) is 5.03. The van der Waals surface area contributed by atoms with Crippen molar-refractivity contribution in [2.45, 2.75) is 0 Å². The molecule has 0 amide bonds. The zero-order valence-corrected chi connectivity index (χ0v) is 12.6. The van der Waals surface area contributed by atoms with Crippen LogP contribution in [0.2, 0.25) is 5.02 Å². The van der Waals surface area contributed by atoms with E-state index in [-0.39, 0.29) is 18.2 Å². The van der Waals surface area contributed by atoms with Crippen molar-refractivity contribution >= 4 is 33.3 Å². The van der Waals surface area contributed by atoms with E-state index in [2.05, 4.69) is 20.9 Å². The highest BCUT2D eigenvalue weighted by molar-refractivity contribution is 9.10. The molecule has 1 aromatic carbocycles. The minimum absolute atomic E-state index is 0.0175. The van der Waals surface area contributed by atoms with Crippen LogP contribution in [0.15, 0.2) is 34.9 Å². The minimum atomic E-state index is -0.483. The molecule has 2 rings (SSSR count). The second-order valence-electron chi connectivity index (χ2n) is 3.81. The third kappa shape index (κ3) is 3.98. The topological polar surface area (TPSA) is 57.4 Å². The van der Waals surface area contributed by atoms with Crippen molar-refractivity contribution in [1.82, 2.24) is 4.98 Å². The molecule has 4 nitrogen and oxygen atoms in total. The van der Waals surface area contributed by atoms with Crippen molar-refractivity contribution in [3.63, 3.8) is 0 Å². The SMILES string of the molecule is Nc1ncc(Br)cc1OCCOc1ccc(F)c(Cl)c1. The lowest BCUT2D eigenvalue weighted by molar-refractivity contribution is 0.217. The van der Waals surface area contributed by atoms with E-state index in [4.69, 9.17) is 26.8 Å². The molecule has 0 unspecified atom stereocenters. The molecular formula is C13H11BrClFN2O2. The third-order valence-electron chi connectivity index (χ3n) is 2.35. The summed E-state index contributed by atoms with van der Waals surface area (Å²) < 4.78 is 24.6. The number of pyridine rings is 1. The van der Waals surface area contributed by atoms with Crippen LogP contribution in [0.4, 0.5) is 10.2 Å². The van der Waals surface area contributed by atoms with Crippen LogP contribution in [0.3, 0.4) is 0 Å². The Bertz CT molecular complexity index is 613. The van der Waals surface area contributed by atoms with Gasteiger partial charge in [-0.3, -0.25) is 0 Å². The number of rotatable bonds is 5. The Balaban J connectivity index is 1.84. The molecule has 2 aromatic rings. The fourth-order valence-electron chi connectivity index (χ4n) is 1.42. The van der Waals surface area contributed by atoms with Gasteiger partial charge in [0, 0.05) is 16.7 Å². The average molecular weight is 362 g/mol. The van der Waals surface area contributed by atoms with E-state index in [1.165, 1.54) is 18.2 Å². The minimum Gasteiger partial charge on any atom is -0.490 e. The van der Waals surface area contributed by atoms with E-state index in [0.717, 1.165) is 4.47 Å². The van der Waals surface area contributed by atoms with Crippen LogP contribution in [0.25, 0.3) is 0 Å². The van der Waals surface area contributed by atoms with Crippen LogP contribution in [0.5, 0.6) is 11.5 Å². The van der Waals surface area contributed by atoms with Crippen LogP contribution in [-0.4, -0.2) is 18.2 Å². The number of benzene rings is 1. The van der Waals surface area contributed by atoms with Crippen molar-refractivity contribution in [2.75, 3.05) is 18.9 Å².